The van der Waals surface area contributed by atoms with Crippen LogP contribution in [0, 0.1) is 5.92 Å². The summed E-state index contributed by atoms with van der Waals surface area (Å²) in [4.78, 5) is 2.18. The Morgan fingerprint density at radius 1 is 1.08 bits per heavy atom. The van der Waals surface area contributed by atoms with Crippen LogP contribution < -0.4 is 4.90 Å². The van der Waals surface area contributed by atoms with Gasteiger partial charge >= 0.3 is 0 Å². The number of aromatic nitrogens is 4. The van der Waals surface area contributed by atoms with Crippen molar-refractivity contribution in [2.24, 2.45) is 5.92 Å². The lowest BCUT2D eigenvalue weighted by molar-refractivity contribution is -0.0170. The van der Waals surface area contributed by atoms with Crippen molar-refractivity contribution in [1.29, 1.82) is 0 Å². The molecule has 4 rings (SSSR count). The Bertz CT molecular complexity index is 847. The number of nitrogens with zero attached hydrogens (tertiary/aromatic N) is 5. The van der Waals surface area contributed by atoms with Crippen LogP contribution in [0.2, 0.25) is 0 Å². The molecule has 6 nitrogen and oxygen atoms in total. The second kappa shape index (κ2) is 6.88. The molecule has 1 aliphatic rings. The molecule has 1 fully saturated rings. The molecule has 1 N–H and O–H groups in total. The third-order valence-corrected chi connectivity index (χ3v) is 5.27. The maximum atomic E-state index is 10.9. The molecular weight excluding hydrogens is 326 g/mol. The molecule has 2 heterocycles. The summed E-state index contributed by atoms with van der Waals surface area (Å²) in [5.74, 6) is 0.837. The Morgan fingerprint density at radius 3 is 2.50 bits per heavy atom. The number of para-hydroxylation sites is 1. The normalized spacial score (nSPS) is 23.2. The molecule has 1 aliphatic heterocycles. The highest BCUT2D eigenvalue weighted by atomic mass is 16.3. The van der Waals surface area contributed by atoms with Crippen molar-refractivity contribution < 1.29 is 5.11 Å². The Balaban J connectivity index is 1.58. The van der Waals surface area contributed by atoms with Gasteiger partial charge in [-0.25, -0.2) is 0 Å². The fraction of sp³-hybridized carbons (Fsp3) is 0.350. The molecule has 0 bridgehead atoms. The molecule has 0 saturated carbocycles. The zero-order valence-corrected chi connectivity index (χ0v) is 14.9. The van der Waals surface area contributed by atoms with Crippen LogP contribution >= 0.6 is 0 Å². The van der Waals surface area contributed by atoms with Crippen molar-refractivity contribution in [3.05, 3.63) is 66.2 Å². The molecule has 26 heavy (non-hydrogen) atoms. The van der Waals surface area contributed by atoms with Crippen molar-refractivity contribution in [3.63, 3.8) is 0 Å². The van der Waals surface area contributed by atoms with Gasteiger partial charge in [0.05, 0.1) is 11.3 Å². The third kappa shape index (κ3) is 3.32. The Labute approximate surface area is 153 Å². The highest BCUT2D eigenvalue weighted by Gasteiger charge is 2.38. The van der Waals surface area contributed by atoms with Crippen LogP contribution in [0.15, 0.2) is 60.7 Å². The summed E-state index contributed by atoms with van der Waals surface area (Å²) in [6, 6.07) is 20.2. The van der Waals surface area contributed by atoms with E-state index in [1.165, 1.54) is 5.56 Å². The van der Waals surface area contributed by atoms with Gasteiger partial charge in [-0.3, -0.25) is 0 Å². The first kappa shape index (κ1) is 16.7. The zero-order chi connectivity index (χ0) is 18.0. The van der Waals surface area contributed by atoms with Gasteiger partial charge in [0.1, 0.15) is 0 Å². The van der Waals surface area contributed by atoms with Crippen molar-refractivity contribution in [2.75, 3.05) is 18.0 Å². The van der Waals surface area contributed by atoms with E-state index in [1.807, 2.05) is 55.5 Å². The average molecular weight is 349 g/mol. The number of anilines is 1. The van der Waals surface area contributed by atoms with Gasteiger partial charge in [-0.05, 0) is 47.9 Å². The molecule has 0 unspecified atom stereocenters. The van der Waals surface area contributed by atoms with E-state index in [2.05, 4.69) is 32.6 Å². The van der Waals surface area contributed by atoms with Gasteiger partial charge in [0.2, 0.25) is 5.95 Å². The van der Waals surface area contributed by atoms with Crippen molar-refractivity contribution >= 4 is 5.95 Å². The Hall–Kier alpha value is -2.73. The standard InChI is InChI=1S/C20H23N5O/c1-20(26)12-13-24(15-17(20)14-16-8-4-2-5-9-16)19-21-22-23-25(19)18-10-6-3-7-11-18/h2-11,17,26H,12-15H2,1H3/t17-,20+/m0/s1. The van der Waals surface area contributed by atoms with Gasteiger partial charge in [0.15, 0.2) is 0 Å². The molecule has 2 atom stereocenters. The van der Waals surface area contributed by atoms with E-state index in [0.717, 1.165) is 31.1 Å². The number of hydrogen-bond acceptors (Lipinski definition) is 5. The molecule has 0 spiro atoms. The van der Waals surface area contributed by atoms with Gasteiger partial charge in [-0.1, -0.05) is 53.6 Å². The highest BCUT2D eigenvalue weighted by molar-refractivity contribution is 5.41. The van der Waals surface area contributed by atoms with Gasteiger partial charge in [0.25, 0.3) is 0 Å². The van der Waals surface area contributed by atoms with Crippen LogP contribution in [0.25, 0.3) is 5.69 Å². The predicted octanol–water partition coefficient (Wildman–Crippen LogP) is 2.48. The van der Waals surface area contributed by atoms with Crippen LogP contribution in [0.4, 0.5) is 5.95 Å². The largest absolute Gasteiger partial charge is 0.390 e. The van der Waals surface area contributed by atoms with E-state index in [0.29, 0.717) is 6.42 Å². The number of aliphatic hydroxyl groups is 1. The topological polar surface area (TPSA) is 67.1 Å². The monoisotopic (exact) mass is 349 g/mol. The highest BCUT2D eigenvalue weighted by Crippen LogP contribution is 2.32. The zero-order valence-electron chi connectivity index (χ0n) is 14.9. The minimum atomic E-state index is -0.697. The fourth-order valence-electron chi connectivity index (χ4n) is 3.60. The van der Waals surface area contributed by atoms with E-state index in [1.54, 1.807) is 4.68 Å². The van der Waals surface area contributed by atoms with Crippen LogP contribution in [-0.2, 0) is 6.42 Å². The molecule has 0 amide bonds. The number of hydrogen-bond donors (Lipinski definition) is 1. The first-order chi connectivity index (χ1) is 12.6. The van der Waals surface area contributed by atoms with Crippen LogP contribution in [0.3, 0.4) is 0 Å². The third-order valence-electron chi connectivity index (χ3n) is 5.27. The number of benzene rings is 2. The molecule has 0 radical (unpaired) electrons. The summed E-state index contributed by atoms with van der Waals surface area (Å²) < 4.78 is 1.76. The second-order valence-electron chi connectivity index (χ2n) is 7.17. The van der Waals surface area contributed by atoms with Gasteiger partial charge in [-0.2, -0.15) is 4.68 Å². The maximum Gasteiger partial charge on any atom is 0.250 e. The number of rotatable bonds is 4. The smallest absolute Gasteiger partial charge is 0.250 e. The SMILES string of the molecule is C[C@@]1(O)CCN(c2nnnn2-c2ccccc2)C[C@@H]1Cc1ccccc1. The number of piperidine rings is 1. The lowest BCUT2D eigenvalue weighted by Gasteiger charge is -2.43. The molecule has 134 valence electrons. The first-order valence-corrected chi connectivity index (χ1v) is 8.98. The minimum Gasteiger partial charge on any atom is -0.390 e. The van der Waals surface area contributed by atoms with Crippen molar-refractivity contribution in [3.8, 4) is 5.69 Å². The summed E-state index contributed by atoms with van der Waals surface area (Å²) in [7, 11) is 0. The summed E-state index contributed by atoms with van der Waals surface area (Å²) in [5, 5.41) is 23.2. The lowest BCUT2D eigenvalue weighted by Crippen LogP contribution is -2.51. The number of tetrazole rings is 1. The minimum absolute atomic E-state index is 0.111. The van der Waals surface area contributed by atoms with E-state index in [-0.39, 0.29) is 5.92 Å². The molecular formula is C20H23N5O. The fourth-order valence-corrected chi connectivity index (χ4v) is 3.60. The summed E-state index contributed by atoms with van der Waals surface area (Å²) >= 11 is 0. The van der Waals surface area contributed by atoms with Crippen molar-refractivity contribution in [1.82, 2.24) is 20.2 Å². The molecule has 2 aromatic carbocycles. The molecule has 6 heteroatoms. The molecule has 1 saturated heterocycles. The summed E-state index contributed by atoms with van der Waals surface area (Å²) in [5.41, 5.74) is 1.48. The summed E-state index contributed by atoms with van der Waals surface area (Å²) in [6.45, 7) is 3.39. The molecule has 1 aromatic heterocycles. The predicted molar refractivity (Wildman–Crippen MR) is 100 cm³/mol. The second-order valence-corrected chi connectivity index (χ2v) is 7.17. The maximum absolute atomic E-state index is 10.9. The van der Waals surface area contributed by atoms with E-state index >= 15 is 0 Å². The van der Waals surface area contributed by atoms with Gasteiger partial charge in [0, 0.05) is 19.0 Å². The van der Waals surface area contributed by atoms with Crippen LogP contribution in [0.1, 0.15) is 18.9 Å². The summed E-state index contributed by atoms with van der Waals surface area (Å²) in [6.07, 6.45) is 1.52. The van der Waals surface area contributed by atoms with Crippen LogP contribution in [-0.4, -0.2) is 44.0 Å². The first-order valence-electron chi connectivity index (χ1n) is 8.98. The molecule has 0 aliphatic carbocycles. The lowest BCUT2D eigenvalue weighted by atomic mass is 9.79. The van der Waals surface area contributed by atoms with Gasteiger partial charge in [-0.15, -0.1) is 0 Å². The van der Waals surface area contributed by atoms with E-state index in [9.17, 15) is 5.11 Å². The Morgan fingerprint density at radius 2 is 1.77 bits per heavy atom. The van der Waals surface area contributed by atoms with Crippen molar-refractivity contribution in [2.45, 2.75) is 25.4 Å². The Kier molecular flexibility index (Phi) is 4.42. The van der Waals surface area contributed by atoms with Gasteiger partial charge < -0.3 is 10.0 Å². The van der Waals surface area contributed by atoms with E-state index < -0.39 is 5.60 Å². The van der Waals surface area contributed by atoms with Crippen LogP contribution in [0.5, 0.6) is 0 Å². The quantitative estimate of drug-likeness (QED) is 0.784. The average Bonchev–Trinajstić information content (AvgIpc) is 3.15. The van der Waals surface area contributed by atoms with E-state index in [4.69, 9.17) is 0 Å². The molecule has 3 aromatic rings.